The number of hydroxylamine groups is 2. The second kappa shape index (κ2) is 4.06. The summed E-state index contributed by atoms with van der Waals surface area (Å²) in [5.74, 6) is 0.0539. The second-order valence-corrected chi connectivity index (χ2v) is 2.54. The minimum absolute atomic E-state index is 0.180. The number of aliphatic hydroxyl groups excluding tert-OH is 1. The summed E-state index contributed by atoms with van der Waals surface area (Å²) in [7, 11) is 0. The highest BCUT2D eigenvalue weighted by Gasteiger charge is 2.20. The van der Waals surface area contributed by atoms with Crippen LogP contribution in [0.25, 0.3) is 0 Å². The van der Waals surface area contributed by atoms with E-state index in [0.717, 1.165) is 6.42 Å². The fraction of sp³-hybridized carbons (Fsp3) is 0.667. The normalized spacial score (nSPS) is 22.4. The zero-order valence-corrected chi connectivity index (χ0v) is 7.30. The maximum Gasteiger partial charge on any atom is 0.254 e. The third-order valence-corrected chi connectivity index (χ3v) is 1.44. The Hall–Kier alpha value is -1.34. The van der Waals surface area contributed by atoms with E-state index in [1.165, 1.54) is 0 Å². The van der Waals surface area contributed by atoms with Gasteiger partial charge in [0, 0.05) is 6.54 Å². The SMILES string of the molecule is CCCNC1=NC(O)N(O)C(N)=N1. The van der Waals surface area contributed by atoms with Crippen LogP contribution in [0, 0.1) is 0 Å². The van der Waals surface area contributed by atoms with Gasteiger partial charge in [-0.3, -0.25) is 5.21 Å². The van der Waals surface area contributed by atoms with Gasteiger partial charge in [-0.15, -0.1) is 0 Å². The maximum absolute atomic E-state index is 9.11. The Bertz CT molecular complexity index is 239. The molecule has 0 aromatic rings. The molecule has 7 heteroatoms. The fourth-order valence-corrected chi connectivity index (χ4v) is 0.793. The van der Waals surface area contributed by atoms with Gasteiger partial charge in [0.05, 0.1) is 0 Å². The van der Waals surface area contributed by atoms with E-state index in [9.17, 15) is 0 Å². The summed E-state index contributed by atoms with van der Waals surface area (Å²) >= 11 is 0. The van der Waals surface area contributed by atoms with Crippen molar-refractivity contribution in [1.29, 1.82) is 0 Å². The Morgan fingerprint density at radius 3 is 2.92 bits per heavy atom. The van der Waals surface area contributed by atoms with E-state index >= 15 is 0 Å². The van der Waals surface area contributed by atoms with Crippen LogP contribution >= 0.6 is 0 Å². The van der Waals surface area contributed by atoms with Crippen LogP contribution in [0.15, 0.2) is 9.98 Å². The summed E-state index contributed by atoms with van der Waals surface area (Å²) in [6.07, 6.45) is -0.468. The van der Waals surface area contributed by atoms with E-state index in [-0.39, 0.29) is 11.9 Å². The third-order valence-electron chi connectivity index (χ3n) is 1.44. The van der Waals surface area contributed by atoms with E-state index in [1.54, 1.807) is 0 Å². The molecule has 74 valence electrons. The molecule has 5 N–H and O–H groups in total. The second-order valence-electron chi connectivity index (χ2n) is 2.54. The van der Waals surface area contributed by atoms with Crippen LogP contribution in [0.2, 0.25) is 0 Å². The van der Waals surface area contributed by atoms with Gasteiger partial charge in [0.25, 0.3) is 6.35 Å². The van der Waals surface area contributed by atoms with Crippen LogP contribution in [0.4, 0.5) is 0 Å². The maximum atomic E-state index is 9.11. The number of guanidine groups is 2. The van der Waals surface area contributed by atoms with E-state index in [0.29, 0.717) is 11.6 Å². The average molecular weight is 187 g/mol. The van der Waals surface area contributed by atoms with Crippen LogP contribution in [-0.2, 0) is 0 Å². The van der Waals surface area contributed by atoms with E-state index in [4.69, 9.17) is 16.0 Å². The Labute approximate surface area is 75.5 Å². The van der Waals surface area contributed by atoms with Gasteiger partial charge in [0.1, 0.15) is 0 Å². The van der Waals surface area contributed by atoms with Crippen molar-refractivity contribution in [3.63, 3.8) is 0 Å². The molecule has 0 aromatic carbocycles. The summed E-state index contributed by atoms with van der Waals surface area (Å²) in [5, 5.41) is 21.3. The van der Waals surface area contributed by atoms with Crippen LogP contribution in [0.3, 0.4) is 0 Å². The molecule has 0 aliphatic carbocycles. The summed E-state index contributed by atoms with van der Waals surface area (Å²) in [4.78, 5) is 7.32. The topological polar surface area (TPSA) is 106 Å². The van der Waals surface area contributed by atoms with Crippen molar-refractivity contribution in [2.45, 2.75) is 19.7 Å². The first-order chi connectivity index (χ1) is 6.15. The highest BCUT2D eigenvalue weighted by molar-refractivity contribution is 5.95. The fourth-order valence-electron chi connectivity index (χ4n) is 0.793. The van der Waals surface area contributed by atoms with E-state index in [1.807, 2.05) is 6.92 Å². The first-order valence-electron chi connectivity index (χ1n) is 3.97. The Balaban J connectivity index is 2.61. The number of rotatable bonds is 2. The van der Waals surface area contributed by atoms with Crippen LogP contribution in [0.5, 0.6) is 0 Å². The molecule has 0 saturated carbocycles. The van der Waals surface area contributed by atoms with Crippen molar-refractivity contribution in [3.8, 4) is 0 Å². The molecule has 1 rings (SSSR count). The number of aliphatic imine (C=N–C) groups is 2. The third kappa shape index (κ3) is 2.30. The van der Waals surface area contributed by atoms with E-state index in [2.05, 4.69) is 15.3 Å². The van der Waals surface area contributed by atoms with Crippen molar-refractivity contribution in [1.82, 2.24) is 10.4 Å². The first kappa shape index (κ1) is 9.75. The van der Waals surface area contributed by atoms with Crippen LogP contribution < -0.4 is 11.1 Å². The van der Waals surface area contributed by atoms with E-state index < -0.39 is 6.35 Å². The lowest BCUT2D eigenvalue weighted by atomic mass is 10.5. The van der Waals surface area contributed by atoms with Crippen LogP contribution in [0.1, 0.15) is 13.3 Å². The first-order valence-corrected chi connectivity index (χ1v) is 3.97. The lowest BCUT2D eigenvalue weighted by molar-refractivity contribution is -0.135. The lowest BCUT2D eigenvalue weighted by Gasteiger charge is -2.23. The minimum Gasteiger partial charge on any atom is -0.368 e. The van der Waals surface area contributed by atoms with Crippen LogP contribution in [-0.4, -0.2) is 40.2 Å². The number of nitrogens with zero attached hydrogens (tertiary/aromatic N) is 3. The molecule has 1 aliphatic rings. The molecule has 1 aliphatic heterocycles. The number of nitrogens with one attached hydrogen (secondary N) is 1. The van der Waals surface area contributed by atoms with Crippen molar-refractivity contribution >= 4 is 11.9 Å². The van der Waals surface area contributed by atoms with Gasteiger partial charge in [0.2, 0.25) is 11.9 Å². The van der Waals surface area contributed by atoms with Gasteiger partial charge in [-0.05, 0) is 6.42 Å². The molecule has 1 heterocycles. The quantitative estimate of drug-likeness (QED) is 0.427. The average Bonchev–Trinajstić information content (AvgIpc) is 2.10. The molecule has 1 atom stereocenters. The predicted octanol–water partition coefficient (Wildman–Crippen LogP) is -1.36. The summed E-state index contributed by atoms with van der Waals surface area (Å²) in [6.45, 7) is 2.67. The molecule has 7 nitrogen and oxygen atoms in total. The van der Waals surface area contributed by atoms with Gasteiger partial charge >= 0.3 is 0 Å². The van der Waals surface area contributed by atoms with Crippen molar-refractivity contribution in [3.05, 3.63) is 0 Å². The molecule has 0 bridgehead atoms. The Kier molecular flexibility index (Phi) is 3.04. The molecular formula is C6H13N5O2. The van der Waals surface area contributed by atoms with Crippen molar-refractivity contribution in [2.75, 3.05) is 6.54 Å². The molecule has 0 saturated heterocycles. The number of aliphatic hydroxyl groups is 1. The van der Waals surface area contributed by atoms with Gasteiger partial charge in [-0.25, -0.2) is 0 Å². The predicted molar refractivity (Wildman–Crippen MR) is 47.0 cm³/mol. The summed E-state index contributed by atoms with van der Waals surface area (Å²) in [6, 6.07) is 0. The largest absolute Gasteiger partial charge is 0.368 e. The standard InChI is InChI=1S/C6H13N5O2/c1-2-3-8-5-9-4(7)11(13)6(12)10-5/h6,12-13H,2-3H2,1H3,(H3,7,8,9,10). The minimum atomic E-state index is -1.38. The molecule has 0 aromatic heterocycles. The smallest absolute Gasteiger partial charge is 0.254 e. The van der Waals surface area contributed by atoms with Gasteiger partial charge in [-0.1, -0.05) is 6.92 Å². The van der Waals surface area contributed by atoms with Gasteiger partial charge < -0.3 is 16.2 Å². The summed E-state index contributed by atoms with van der Waals surface area (Å²) in [5.41, 5.74) is 5.28. The molecule has 0 radical (unpaired) electrons. The molecule has 1 unspecified atom stereocenters. The van der Waals surface area contributed by atoms with Gasteiger partial charge in [0.15, 0.2) is 0 Å². The summed E-state index contributed by atoms with van der Waals surface area (Å²) < 4.78 is 0. The monoisotopic (exact) mass is 187 g/mol. The number of hydrogen-bond acceptors (Lipinski definition) is 7. The molecule has 0 spiro atoms. The Morgan fingerprint density at radius 1 is 1.69 bits per heavy atom. The number of nitrogens with two attached hydrogens (primary N) is 1. The zero-order chi connectivity index (χ0) is 9.84. The lowest BCUT2D eigenvalue weighted by Crippen LogP contribution is -2.47. The molecule has 0 amide bonds. The Morgan fingerprint density at radius 2 is 2.38 bits per heavy atom. The highest BCUT2D eigenvalue weighted by atomic mass is 16.5. The molecule has 13 heavy (non-hydrogen) atoms. The highest BCUT2D eigenvalue weighted by Crippen LogP contribution is 2.00. The van der Waals surface area contributed by atoms with Crippen molar-refractivity contribution < 1.29 is 10.3 Å². The number of hydrogen-bond donors (Lipinski definition) is 4. The molecular weight excluding hydrogens is 174 g/mol. The van der Waals surface area contributed by atoms with Gasteiger partial charge in [-0.2, -0.15) is 15.0 Å². The van der Waals surface area contributed by atoms with Crippen molar-refractivity contribution in [2.24, 2.45) is 15.7 Å². The zero-order valence-electron chi connectivity index (χ0n) is 7.30. The molecule has 0 fully saturated rings.